The first kappa shape index (κ1) is 11.9. The zero-order valence-corrected chi connectivity index (χ0v) is 10.9. The monoisotopic (exact) mass is 293 g/mol. The maximum atomic E-state index is 11.5. The molecule has 0 saturated carbocycles. The minimum atomic E-state index is -0.214. The van der Waals surface area contributed by atoms with Gasteiger partial charge in [0.05, 0.1) is 6.04 Å². The Labute approximate surface area is 107 Å². The highest BCUT2D eigenvalue weighted by Crippen LogP contribution is 2.19. The molecule has 17 heavy (non-hydrogen) atoms. The Hall–Kier alpha value is -1.62. The number of halogens is 1. The fraction of sp³-hybridized carbons (Fsp3) is 0.167. The van der Waals surface area contributed by atoms with Crippen LogP contribution in [0.1, 0.15) is 18.5 Å². The van der Waals surface area contributed by atoms with Crippen molar-refractivity contribution in [2.24, 2.45) is 0 Å². The van der Waals surface area contributed by atoms with E-state index in [1.165, 1.54) is 6.20 Å². The third-order valence-electron chi connectivity index (χ3n) is 2.41. The predicted octanol–water partition coefficient (Wildman–Crippen LogP) is 2.71. The second-order valence-electron chi connectivity index (χ2n) is 3.69. The Morgan fingerprint density at radius 2 is 2.29 bits per heavy atom. The molecule has 1 aromatic heterocycles. The quantitative estimate of drug-likeness (QED) is 0.915. The third kappa shape index (κ3) is 2.94. The molecule has 0 fully saturated rings. The van der Waals surface area contributed by atoms with Gasteiger partial charge in [-0.3, -0.25) is 4.79 Å². The number of nitrogens with zero attached hydrogens (tertiary/aromatic N) is 1. The summed E-state index contributed by atoms with van der Waals surface area (Å²) in [5.74, 6) is 0.333. The van der Waals surface area contributed by atoms with Crippen molar-refractivity contribution in [1.82, 2.24) is 9.97 Å². The van der Waals surface area contributed by atoms with E-state index in [2.05, 4.69) is 31.2 Å². The summed E-state index contributed by atoms with van der Waals surface area (Å²) in [7, 11) is 0. The number of aromatic nitrogens is 2. The van der Waals surface area contributed by atoms with E-state index in [4.69, 9.17) is 0 Å². The van der Waals surface area contributed by atoms with Crippen LogP contribution in [0.25, 0.3) is 0 Å². The van der Waals surface area contributed by atoms with Gasteiger partial charge >= 0.3 is 0 Å². The van der Waals surface area contributed by atoms with Crippen LogP contribution in [0.3, 0.4) is 0 Å². The van der Waals surface area contributed by atoms with Crippen LogP contribution in [-0.2, 0) is 0 Å². The number of hydrogen-bond donors (Lipinski definition) is 2. The number of anilines is 1. The second-order valence-corrected chi connectivity index (χ2v) is 4.60. The lowest BCUT2D eigenvalue weighted by Gasteiger charge is -2.14. The minimum Gasteiger partial charge on any atom is -0.359 e. The maximum absolute atomic E-state index is 11.5. The zero-order chi connectivity index (χ0) is 12.3. The molecule has 2 rings (SSSR count). The summed E-state index contributed by atoms with van der Waals surface area (Å²) in [6.07, 6.45) is 3.06. The molecule has 88 valence electrons. The van der Waals surface area contributed by atoms with Gasteiger partial charge in [-0.15, -0.1) is 0 Å². The number of H-pyrrole nitrogens is 1. The van der Waals surface area contributed by atoms with E-state index in [-0.39, 0.29) is 11.6 Å². The molecule has 0 aliphatic rings. The van der Waals surface area contributed by atoms with Crippen LogP contribution < -0.4 is 10.9 Å². The van der Waals surface area contributed by atoms with Gasteiger partial charge in [0.15, 0.2) is 5.82 Å². The van der Waals surface area contributed by atoms with Crippen molar-refractivity contribution >= 4 is 21.7 Å². The van der Waals surface area contributed by atoms with E-state index >= 15 is 0 Å². The summed E-state index contributed by atoms with van der Waals surface area (Å²) in [6, 6.07) is 7.95. The Morgan fingerprint density at radius 1 is 1.47 bits per heavy atom. The summed E-state index contributed by atoms with van der Waals surface area (Å²) in [5, 5.41) is 3.08. The van der Waals surface area contributed by atoms with Crippen LogP contribution in [0.4, 0.5) is 5.82 Å². The van der Waals surface area contributed by atoms with E-state index in [0.717, 1.165) is 10.0 Å². The highest BCUT2D eigenvalue weighted by Gasteiger charge is 2.08. The summed E-state index contributed by atoms with van der Waals surface area (Å²) in [4.78, 5) is 18.0. The standard InChI is InChI=1S/C12H12BrN3O/c1-8(9-3-2-4-10(13)7-9)16-11-12(17)15-6-5-14-11/h2-8H,1H3,(H,14,16)(H,15,17). The molecule has 0 saturated heterocycles. The van der Waals surface area contributed by atoms with Gasteiger partial charge < -0.3 is 10.3 Å². The summed E-state index contributed by atoms with van der Waals surface area (Å²) in [6.45, 7) is 1.98. The van der Waals surface area contributed by atoms with Crippen molar-refractivity contribution in [1.29, 1.82) is 0 Å². The van der Waals surface area contributed by atoms with Gasteiger partial charge in [0.1, 0.15) is 0 Å². The molecule has 0 aliphatic carbocycles. The zero-order valence-electron chi connectivity index (χ0n) is 9.27. The normalized spacial score (nSPS) is 12.1. The topological polar surface area (TPSA) is 57.8 Å². The van der Waals surface area contributed by atoms with Crippen molar-refractivity contribution in [3.8, 4) is 0 Å². The van der Waals surface area contributed by atoms with Gasteiger partial charge in [-0.2, -0.15) is 0 Å². The van der Waals surface area contributed by atoms with Crippen molar-refractivity contribution in [2.75, 3.05) is 5.32 Å². The number of nitrogens with one attached hydrogen (secondary N) is 2. The van der Waals surface area contributed by atoms with Gasteiger partial charge in [0, 0.05) is 16.9 Å². The molecule has 2 N–H and O–H groups in total. The molecule has 1 unspecified atom stereocenters. The lowest BCUT2D eigenvalue weighted by atomic mass is 10.1. The molecule has 1 aromatic carbocycles. The average molecular weight is 294 g/mol. The van der Waals surface area contributed by atoms with E-state index in [1.807, 2.05) is 31.2 Å². The van der Waals surface area contributed by atoms with Gasteiger partial charge in [0.2, 0.25) is 0 Å². The van der Waals surface area contributed by atoms with Gasteiger partial charge in [-0.25, -0.2) is 4.98 Å². The summed E-state index contributed by atoms with van der Waals surface area (Å²) >= 11 is 3.42. The van der Waals surface area contributed by atoms with Crippen molar-refractivity contribution in [3.63, 3.8) is 0 Å². The van der Waals surface area contributed by atoms with Crippen molar-refractivity contribution in [3.05, 3.63) is 57.0 Å². The van der Waals surface area contributed by atoms with Crippen LogP contribution in [0.15, 0.2) is 45.9 Å². The average Bonchev–Trinajstić information content (AvgIpc) is 2.32. The Kier molecular flexibility index (Phi) is 3.58. The smallest absolute Gasteiger partial charge is 0.290 e. The molecule has 5 heteroatoms. The van der Waals surface area contributed by atoms with Gasteiger partial charge in [-0.05, 0) is 24.6 Å². The summed E-state index contributed by atoms with van der Waals surface area (Å²) in [5.41, 5.74) is 0.874. The molecule has 0 aliphatic heterocycles. The fourth-order valence-electron chi connectivity index (χ4n) is 1.52. The lowest BCUT2D eigenvalue weighted by Crippen LogP contribution is -2.17. The third-order valence-corrected chi connectivity index (χ3v) is 2.90. The predicted molar refractivity (Wildman–Crippen MR) is 71.0 cm³/mol. The van der Waals surface area contributed by atoms with E-state index < -0.39 is 0 Å². The molecule has 0 amide bonds. The maximum Gasteiger partial charge on any atom is 0.290 e. The lowest BCUT2D eigenvalue weighted by molar-refractivity contribution is 0.865. The number of benzene rings is 1. The Bertz CT molecular complexity index is 567. The van der Waals surface area contributed by atoms with Crippen LogP contribution in [-0.4, -0.2) is 9.97 Å². The number of aromatic amines is 1. The molecule has 0 radical (unpaired) electrons. The molecule has 4 nitrogen and oxygen atoms in total. The van der Waals surface area contributed by atoms with Crippen molar-refractivity contribution in [2.45, 2.75) is 13.0 Å². The highest BCUT2D eigenvalue weighted by molar-refractivity contribution is 9.10. The van der Waals surface area contributed by atoms with Gasteiger partial charge in [0.25, 0.3) is 5.56 Å². The molecular weight excluding hydrogens is 282 g/mol. The second kappa shape index (κ2) is 5.14. The van der Waals surface area contributed by atoms with E-state index in [9.17, 15) is 4.79 Å². The van der Waals surface area contributed by atoms with Crippen LogP contribution in [0, 0.1) is 0 Å². The first-order valence-corrected chi connectivity index (χ1v) is 6.02. The molecule has 0 spiro atoms. The number of hydrogen-bond acceptors (Lipinski definition) is 3. The Morgan fingerprint density at radius 3 is 3.00 bits per heavy atom. The van der Waals surface area contributed by atoms with Crippen LogP contribution >= 0.6 is 15.9 Å². The highest BCUT2D eigenvalue weighted by atomic mass is 79.9. The SMILES string of the molecule is CC(Nc1ncc[nH]c1=O)c1cccc(Br)c1. The molecule has 0 bridgehead atoms. The Balaban J connectivity index is 2.20. The molecule has 1 heterocycles. The largest absolute Gasteiger partial charge is 0.359 e. The first-order valence-electron chi connectivity index (χ1n) is 5.22. The van der Waals surface area contributed by atoms with Crippen molar-refractivity contribution < 1.29 is 0 Å². The molecular formula is C12H12BrN3O. The van der Waals surface area contributed by atoms with Gasteiger partial charge in [-0.1, -0.05) is 28.1 Å². The number of rotatable bonds is 3. The van der Waals surface area contributed by atoms with E-state index in [1.54, 1.807) is 6.20 Å². The fourth-order valence-corrected chi connectivity index (χ4v) is 1.94. The first-order chi connectivity index (χ1) is 8.16. The van der Waals surface area contributed by atoms with E-state index in [0.29, 0.717) is 5.82 Å². The molecule has 2 aromatic rings. The summed E-state index contributed by atoms with van der Waals surface area (Å²) < 4.78 is 1.01. The van der Waals surface area contributed by atoms with Crippen LogP contribution in [0.2, 0.25) is 0 Å². The molecule has 1 atom stereocenters. The minimum absolute atomic E-state index is 0.0171. The van der Waals surface area contributed by atoms with Crippen LogP contribution in [0.5, 0.6) is 0 Å².